The summed E-state index contributed by atoms with van der Waals surface area (Å²) in [7, 11) is 0. The molecule has 5 nitrogen and oxygen atoms in total. The third kappa shape index (κ3) is 3.45. The van der Waals surface area contributed by atoms with Crippen molar-refractivity contribution in [3.05, 3.63) is 76.2 Å². The van der Waals surface area contributed by atoms with Crippen LogP contribution in [-0.4, -0.2) is 26.9 Å². The normalized spacial score (nSPS) is 14.5. The van der Waals surface area contributed by atoms with Gasteiger partial charge >= 0.3 is 5.69 Å². The summed E-state index contributed by atoms with van der Waals surface area (Å²) in [5.74, 6) is -0.276. The fraction of sp³-hybridized carbons (Fsp3) is 0.292. The summed E-state index contributed by atoms with van der Waals surface area (Å²) in [6.07, 6.45) is 7.29. The van der Waals surface area contributed by atoms with E-state index in [1.807, 2.05) is 46.8 Å². The number of halogens is 2. The second kappa shape index (κ2) is 7.93. The van der Waals surface area contributed by atoms with Crippen molar-refractivity contribution in [1.29, 1.82) is 0 Å². The van der Waals surface area contributed by atoms with Gasteiger partial charge in [-0.2, -0.15) is 0 Å². The van der Waals surface area contributed by atoms with E-state index in [9.17, 15) is 9.18 Å². The Hall–Kier alpha value is -2.99. The maximum absolute atomic E-state index is 13.5. The fourth-order valence-corrected chi connectivity index (χ4v) is 4.64. The average molecular weight is 439 g/mol. The minimum atomic E-state index is -0.276. The van der Waals surface area contributed by atoms with Crippen LogP contribution in [0, 0.1) is 5.82 Å². The zero-order chi connectivity index (χ0) is 21.5. The summed E-state index contributed by atoms with van der Waals surface area (Å²) in [5, 5.41) is 3.74. The molecule has 0 spiro atoms. The molecule has 0 aliphatic carbocycles. The largest absolute Gasteiger partial charge is 0.347 e. The number of aromatic nitrogens is 3. The van der Waals surface area contributed by atoms with E-state index in [4.69, 9.17) is 11.6 Å². The van der Waals surface area contributed by atoms with Crippen LogP contribution in [0.3, 0.4) is 0 Å². The number of rotatable bonds is 4. The third-order valence-corrected chi connectivity index (χ3v) is 6.27. The number of piperidine rings is 1. The molecule has 31 heavy (non-hydrogen) atoms. The van der Waals surface area contributed by atoms with Crippen molar-refractivity contribution in [1.82, 2.24) is 13.8 Å². The fourth-order valence-electron chi connectivity index (χ4n) is 4.46. The summed E-state index contributed by atoms with van der Waals surface area (Å²) in [6.45, 7) is 4.30. The molecule has 0 unspecified atom stereocenters. The van der Waals surface area contributed by atoms with Gasteiger partial charge in [0.2, 0.25) is 0 Å². The molecule has 160 valence electrons. The molecular formula is C24H24ClFN4O. The highest BCUT2D eigenvalue weighted by molar-refractivity contribution is 6.31. The quantitative estimate of drug-likeness (QED) is 0.439. The molecule has 3 heterocycles. The second-order valence-electron chi connectivity index (χ2n) is 7.96. The number of imidazole rings is 1. The van der Waals surface area contributed by atoms with Gasteiger partial charge in [0.05, 0.1) is 11.2 Å². The predicted molar refractivity (Wildman–Crippen MR) is 123 cm³/mol. The lowest BCUT2D eigenvalue weighted by Crippen LogP contribution is -2.45. The average Bonchev–Trinajstić information content (AvgIpc) is 3.32. The Bertz CT molecular complexity index is 1300. The van der Waals surface area contributed by atoms with Crippen molar-refractivity contribution in [3.8, 4) is 16.9 Å². The van der Waals surface area contributed by atoms with E-state index in [1.165, 1.54) is 18.6 Å². The van der Waals surface area contributed by atoms with E-state index in [-0.39, 0.29) is 11.5 Å². The van der Waals surface area contributed by atoms with Crippen LogP contribution in [0.5, 0.6) is 0 Å². The van der Waals surface area contributed by atoms with E-state index in [1.54, 1.807) is 16.7 Å². The Morgan fingerprint density at radius 3 is 2.45 bits per heavy atom. The lowest BCUT2D eigenvalue weighted by atomic mass is 10.1. The highest BCUT2D eigenvalue weighted by Crippen LogP contribution is 2.34. The molecule has 0 N–H and O–H groups in total. The summed E-state index contributed by atoms with van der Waals surface area (Å²) in [4.78, 5) is 13.2. The Morgan fingerprint density at radius 2 is 1.74 bits per heavy atom. The monoisotopic (exact) mass is 438 g/mol. The maximum Gasteiger partial charge on any atom is 0.347 e. The first-order chi connectivity index (χ1) is 15.1. The smallest absolute Gasteiger partial charge is 0.316 e. The molecular weight excluding hydrogens is 415 g/mol. The van der Waals surface area contributed by atoms with E-state index >= 15 is 0 Å². The number of hydrogen-bond acceptors (Lipinski definition) is 2. The topological polar surface area (TPSA) is 35.1 Å². The van der Waals surface area contributed by atoms with E-state index in [0.717, 1.165) is 53.8 Å². The molecule has 0 bridgehead atoms. The van der Waals surface area contributed by atoms with Crippen molar-refractivity contribution in [2.75, 3.05) is 18.1 Å². The van der Waals surface area contributed by atoms with Gasteiger partial charge in [0.25, 0.3) is 0 Å². The van der Waals surface area contributed by atoms with Gasteiger partial charge in [-0.1, -0.05) is 11.6 Å². The lowest BCUT2D eigenvalue weighted by Gasteiger charge is -2.30. The first-order valence-electron chi connectivity index (χ1n) is 10.7. The predicted octanol–water partition coefficient (Wildman–Crippen LogP) is 5.20. The van der Waals surface area contributed by atoms with Gasteiger partial charge < -0.3 is 9.58 Å². The Kier molecular flexibility index (Phi) is 5.10. The third-order valence-electron chi connectivity index (χ3n) is 6.04. The molecule has 1 aliphatic heterocycles. The highest BCUT2D eigenvalue weighted by atomic mass is 35.5. The molecule has 2 aromatic carbocycles. The van der Waals surface area contributed by atoms with E-state index in [0.29, 0.717) is 11.6 Å². The van der Waals surface area contributed by atoms with Crippen LogP contribution in [0.25, 0.3) is 27.8 Å². The summed E-state index contributed by atoms with van der Waals surface area (Å²) in [5.41, 5.74) is 3.55. The number of benzene rings is 2. The van der Waals surface area contributed by atoms with Gasteiger partial charge in [-0.15, -0.1) is 0 Å². The van der Waals surface area contributed by atoms with Crippen molar-refractivity contribution in [3.63, 3.8) is 0 Å². The van der Waals surface area contributed by atoms with Gasteiger partial charge in [0.15, 0.2) is 0 Å². The first kappa shape index (κ1) is 19.9. The summed E-state index contributed by atoms with van der Waals surface area (Å²) < 4.78 is 19.1. The van der Waals surface area contributed by atoms with Crippen LogP contribution in [0.1, 0.15) is 26.2 Å². The molecule has 0 atom stereocenters. The lowest BCUT2D eigenvalue weighted by molar-refractivity contribution is 0.467. The van der Waals surface area contributed by atoms with Gasteiger partial charge in [-0.05, 0) is 68.7 Å². The van der Waals surface area contributed by atoms with Gasteiger partial charge in [0.1, 0.15) is 5.82 Å². The van der Waals surface area contributed by atoms with Gasteiger partial charge in [0, 0.05) is 53.7 Å². The molecule has 1 fully saturated rings. The van der Waals surface area contributed by atoms with Crippen molar-refractivity contribution in [2.24, 2.45) is 0 Å². The Balaban J connectivity index is 1.77. The minimum absolute atomic E-state index is 0.0240. The zero-order valence-corrected chi connectivity index (χ0v) is 18.1. The van der Waals surface area contributed by atoms with Gasteiger partial charge in [-0.25, -0.2) is 13.9 Å². The number of hydrogen-bond donors (Lipinski definition) is 0. The number of fused-ring (bicyclic) bond motifs is 1. The van der Waals surface area contributed by atoms with Crippen LogP contribution in [-0.2, 0) is 6.54 Å². The number of aryl methyl sites for hydroxylation is 1. The van der Waals surface area contributed by atoms with Crippen LogP contribution in [0.15, 0.2) is 59.7 Å². The van der Waals surface area contributed by atoms with Crippen LogP contribution in [0.2, 0.25) is 5.02 Å². The summed E-state index contributed by atoms with van der Waals surface area (Å²) >= 11 is 6.36. The SMILES string of the molecule is CCn1cc(-c2cn(-c3ccc(F)cc3)c3ccc(Cl)cc23)n(N2CCCCC2)c1=O. The van der Waals surface area contributed by atoms with Crippen molar-refractivity contribution >= 4 is 22.5 Å². The second-order valence-corrected chi connectivity index (χ2v) is 8.40. The molecule has 0 amide bonds. The molecule has 1 aliphatic rings. The molecule has 0 radical (unpaired) electrons. The van der Waals surface area contributed by atoms with Gasteiger partial charge in [-0.3, -0.25) is 4.57 Å². The summed E-state index contributed by atoms with van der Waals surface area (Å²) in [6, 6.07) is 12.2. The first-order valence-corrected chi connectivity index (χ1v) is 11.1. The Labute approximate surface area is 184 Å². The maximum atomic E-state index is 13.5. The molecule has 2 aromatic heterocycles. The molecule has 7 heteroatoms. The van der Waals surface area contributed by atoms with Crippen molar-refractivity contribution in [2.45, 2.75) is 32.7 Å². The molecule has 4 aromatic rings. The van der Waals surface area contributed by atoms with Crippen LogP contribution >= 0.6 is 11.6 Å². The highest BCUT2D eigenvalue weighted by Gasteiger charge is 2.23. The Morgan fingerprint density at radius 1 is 1.00 bits per heavy atom. The van der Waals surface area contributed by atoms with Crippen LogP contribution in [0.4, 0.5) is 4.39 Å². The molecule has 5 rings (SSSR count). The van der Waals surface area contributed by atoms with Crippen molar-refractivity contribution < 1.29 is 4.39 Å². The van der Waals surface area contributed by atoms with E-state index < -0.39 is 0 Å². The zero-order valence-electron chi connectivity index (χ0n) is 17.4. The van der Waals surface area contributed by atoms with E-state index in [2.05, 4.69) is 5.01 Å². The molecule has 1 saturated heterocycles. The minimum Gasteiger partial charge on any atom is -0.316 e. The number of nitrogens with zero attached hydrogens (tertiary/aromatic N) is 4. The van der Waals surface area contributed by atoms with Crippen LogP contribution < -0.4 is 10.7 Å². The standard InChI is InChI=1S/C24H24ClFN4O/c1-2-27-16-23(30(24(27)31)28-12-4-3-5-13-28)21-15-29(19-9-7-18(26)8-10-19)22-11-6-17(25)14-20(21)22/h6-11,14-16H,2-5,12-13H2,1H3. The molecule has 0 saturated carbocycles.